The Morgan fingerprint density at radius 3 is 2.40 bits per heavy atom. The summed E-state index contributed by atoms with van der Waals surface area (Å²) in [6.45, 7) is 12.0. The quantitative estimate of drug-likeness (QED) is 0.694. The third kappa shape index (κ3) is 2.73. The lowest BCUT2D eigenvalue weighted by Gasteiger charge is -2.41. The van der Waals surface area contributed by atoms with E-state index >= 15 is 0 Å². The number of rotatable bonds is 2. The van der Waals surface area contributed by atoms with Crippen molar-refractivity contribution in [3.8, 4) is 0 Å². The zero-order valence-corrected chi connectivity index (χ0v) is 11.4. The van der Waals surface area contributed by atoms with E-state index < -0.39 is 0 Å². The third-order valence-electron chi connectivity index (χ3n) is 4.45. The zero-order valence-electron chi connectivity index (χ0n) is 11.4. The van der Waals surface area contributed by atoms with Gasteiger partial charge in [0.15, 0.2) is 0 Å². The Balaban J connectivity index is 2.74. The minimum atomic E-state index is 0.379. The van der Waals surface area contributed by atoms with Crippen molar-refractivity contribution in [2.45, 2.75) is 52.1 Å². The van der Waals surface area contributed by atoms with Gasteiger partial charge >= 0.3 is 0 Å². The van der Waals surface area contributed by atoms with Crippen LogP contribution >= 0.6 is 0 Å². The molecular weight excluding hydrogens is 184 g/mol. The van der Waals surface area contributed by atoms with Crippen LogP contribution in [0.25, 0.3) is 0 Å². The van der Waals surface area contributed by atoms with Crippen LogP contribution in [0.1, 0.15) is 40.5 Å². The lowest BCUT2D eigenvalue weighted by atomic mass is 9.82. The summed E-state index contributed by atoms with van der Waals surface area (Å²) in [6.07, 6.45) is 2.65. The molecule has 2 atom stereocenters. The highest BCUT2D eigenvalue weighted by molar-refractivity contribution is 4.92. The van der Waals surface area contributed by atoms with Crippen LogP contribution in [0.3, 0.4) is 0 Å². The van der Waals surface area contributed by atoms with Crippen LogP contribution in [-0.2, 0) is 0 Å². The van der Waals surface area contributed by atoms with E-state index in [9.17, 15) is 0 Å². The van der Waals surface area contributed by atoms with Crippen molar-refractivity contribution < 1.29 is 0 Å². The summed E-state index contributed by atoms with van der Waals surface area (Å²) in [5.74, 6) is 0.748. The average molecular weight is 212 g/mol. The first-order valence-corrected chi connectivity index (χ1v) is 6.29. The predicted molar refractivity (Wildman–Crippen MR) is 67.2 cm³/mol. The average Bonchev–Trinajstić information content (AvgIpc) is 2.28. The highest BCUT2D eigenvalue weighted by Gasteiger charge is 2.36. The number of hydrogen-bond acceptors (Lipinski definition) is 2. The summed E-state index contributed by atoms with van der Waals surface area (Å²) in [6, 6.07) is 0.692. The van der Waals surface area contributed by atoms with E-state index in [0.29, 0.717) is 11.6 Å². The second kappa shape index (κ2) is 4.84. The van der Waals surface area contributed by atoms with E-state index in [1.54, 1.807) is 0 Å². The minimum absolute atomic E-state index is 0.379. The van der Waals surface area contributed by atoms with Crippen LogP contribution in [0.2, 0.25) is 0 Å². The normalized spacial score (nSPS) is 34.8. The Morgan fingerprint density at radius 2 is 1.93 bits per heavy atom. The molecule has 1 heterocycles. The molecule has 2 nitrogen and oxygen atoms in total. The first kappa shape index (κ1) is 13.0. The maximum Gasteiger partial charge on any atom is 0.0213 e. The fourth-order valence-corrected chi connectivity index (χ4v) is 2.66. The molecule has 0 aromatic rings. The maximum absolute atomic E-state index is 2.62. The Morgan fingerprint density at radius 1 is 1.33 bits per heavy atom. The standard InChI is InChI=1S/C13H28N2/c1-11(2)15-9-7-8-13(4,14(5)6)12(3)10-15/h11-12H,7-10H2,1-6H3/t12-,13-/m1/s1. The Bertz CT molecular complexity index is 201. The van der Waals surface area contributed by atoms with Crippen molar-refractivity contribution in [2.24, 2.45) is 5.92 Å². The van der Waals surface area contributed by atoms with E-state index in [2.05, 4.69) is 51.6 Å². The zero-order chi connectivity index (χ0) is 11.6. The molecule has 0 radical (unpaired) electrons. The number of nitrogens with zero attached hydrogens (tertiary/aromatic N) is 2. The van der Waals surface area contributed by atoms with Crippen LogP contribution in [0.4, 0.5) is 0 Å². The van der Waals surface area contributed by atoms with Crippen LogP contribution in [0, 0.1) is 5.92 Å². The molecule has 1 aliphatic rings. The molecule has 90 valence electrons. The first-order chi connectivity index (χ1) is 6.88. The lowest BCUT2D eigenvalue weighted by Crippen LogP contribution is -2.49. The van der Waals surface area contributed by atoms with Gasteiger partial charge in [0.1, 0.15) is 0 Å². The summed E-state index contributed by atoms with van der Waals surface area (Å²) in [4.78, 5) is 5.04. The van der Waals surface area contributed by atoms with Gasteiger partial charge in [0.25, 0.3) is 0 Å². The topological polar surface area (TPSA) is 6.48 Å². The van der Waals surface area contributed by atoms with Crippen molar-refractivity contribution in [1.29, 1.82) is 0 Å². The number of hydrogen-bond donors (Lipinski definition) is 0. The van der Waals surface area contributed by atoms with Gasteiger partial charge in [-0.3, -0.25) is 0 Å². The van der Waals surface area contributed by atoms with Crippen molar-refractivity contribution in [2.75, 3.05) is 27.2 Å². The fraction of sp³-hybridized carbons (Fsp3) is 1.00. The van der Waals surface area contributed by atoms with E-state index in [0.717, 1.165) is 5.92 Å². The smallest absolute Gasteiger partial charge is 0.0213 e. The molecule has 0 spiro atoms. The molecular formula is C13H28N2. The second-order valence-corrected chi connectivity index (χ2v) is 5.84. The molecule has 0 amide bonds. The van der Waals surface area contributed by atoms with Crippen LogP contribution < -0.4 is 0 Å². The van der Waals surface area contributed by atoms with E-state index in [1.165, 1.54) is 25.9 Å². The molecule has 0 unspecified atom stereocenters. The van der Waals surface area contributed by atoms with Gasteiger partial charge in [0.2, 0.25) is 0 Å². The second-order valence-electron chi connectivity index (χ2n) is 5.84. The molecule has 0 N–H and O–H groups in total. The van der Waals surface area contributed by atoms with Gasteiger partial charge in [0, 0.05) is 18.1 Å². The van der Waals surface area contributed by atoms with Crippen molar-refractivity contribution >= 4 is 0 Å². The molecule has 1 aliphatic heterocycles. The fourth-order valence-electron chi connectivity index (χ4n) is 2.66. The highest BCUT2D eigenvalue weighted by atomic mass is 15.2. The van der Waals surface area contributed by atoms with Gasteiger partial charge in [0.05, 0.1) is 0 Å². The van der Waals surface area contributed by atoms with Crippen molar-refractivity contribution in [3.05, 3.63) is 0 Å². The van der Waals surface area contributed by atoms with Crippen LogP contribution in [0.15, 0.2) is 0 Å². The van der Waals surface area contributed by atoms with Gasteiger partial charge in [-0.2, -0.15) is 0 Å². The van der Waals surface area contributed by atoms with Gasteiger partial charge in [-0.25, -0.2) is 0 Å². The van der Waals surface area contributed by atoms with Gasteiger partial charge < -0.3 is 9.80 Å². The van der Waals surface area contributed by atoms with Gasteiger partial charge in [-0.15, -0.1) is 0 Å². The summed E-state index contributed by atoms with van der Waals surface area (Å²) >= 11 is 0. The SMILES string of the molecule is CC(C)N1CCC[C@@](C)(N(C)C)[C@H](C)C1. The summed E-state index contributed by atoms with van der Waals surface area (Å²) in [5.41, 5.74) is 0.379. The molecule has 0 aliphatic carbocycles. The Labute approximate surface area is 95.6 Å². The van der Waals surface area contributed by atoms with Gasteiger partial charge in [-0.05, 0) is 60.2 Å². The van der Waals surface area contributed by atoms with E-state index in [4.69, 9.17) is 0 Å². The molecule has 0 saturated carbocycles. The Kier molecular flexibility index (Phi) is 4.19. The lowest BCUT2D eigenvalue weighted by molar-refractivity contribution is 0.0866. The Hall–Kier alpha value is -0.0800. The molecule has 1 rings (SSSR count). The van der Waals surface area contributed by atoms with Crippen molar-refractivity contribution in [1.82, 2.24) is 9.80 Å². The largest absolute Gasteiger partial charge is 0.304 e. The molecule has 0 bridgehead atoms. The van der Waals surface area contributed by atoms with Crippen LogP contribution in [0.5, 0.6) is 0 Å². The monoisotopic (exact) mass is 212 g/mol. The minimum Gasteiger partial charge on any atom is -0.304 e. The summed E-state index contributed by atoms with van der Waals surface area (Å²) in [5, 5.41) is 0. The molecule has 0 aromatic heterocycles. The number of likely N-dealkylation sites (tertiary alicyclic amines) is 1. The third-order valence-corrected chi connectivity index (χ3v) is 4.45. The summed E-state index contributed by atoms with van der Waals surface area (Å²) in [7, 11) is 4.45. The van der Waals surface area contributed by atoms with Gasteiger partial charge in [-0.1, -0.05) is 6.92 Å². The molecule has 2 heteroatoms. The molecule has 1 fully saturated rings. The summed E-state index contributed by atoms with van der Waals surface area (Å²) < 4.78 is 0. The predicted octanol–water partition coefficient (Wildman–Crippen LogP) is 2.45. The highest BCUT2D eigenvalue weighted by Crippen LogP contribution is 2.31. The molecule has 1 saturated heterocycles. The van der Waals surface area contributed by atoms with E-state index in [1.807, 2.05) is 0 Å². The molecule has 15 heavy (non-hydrogen) atoms. The molecule has 0 aromatic carbocycles. The van der Waals surface area contributed by atoms with Crippen molar-refractivity contribution in [3.63, 3.8) is 0 Å². The van der Waals surface area contributed by atoms with Crippen LogP contribution in [-0.4, -0.2) is 48.6 Å². The van der Waals surface area contributed by atoms with E-state index in [-0.39, 0.29) is 0 Å². The first-order valence-electron chi connectivity index (χ1n) is 6.29. The maximum atomic E-state index is 2.62.